The minimum Gasteiger partial charge on any atom is -0.444 e. The molecular formula is C16H27N3O2. The topological polar surface area (TPSA) is 48.6 Å². The molecule has 0 unspecified atom stereocenters. The third kappa shape index (κ3) is 4.00. The number of nitrogens with one attached hydrogen (secondary N) is 1. The molecule has 0 bridgehead atoms. The summed E-state index contributed by atoms with van der Waals surface area (Å²) in [7, 11) is 2.12. The SMILES string of the molecule is C[C@H](c1ccc[nH]1)N(C)[C@@H]1CCN(C(=O)OC(C)(C)C)C1. The van der Waals surface area contributed by atoms with Crippen molar-refractivity contribution in [3.63, 3.8) is 0 Å². The second-order valence-corrected chi connectivity index (χ2v) is 6.84. The first-order valence-electron chi connectivity index (χ1n) is 7.61. The van der Waals surface area contributed by atoms with Crippen LogP contribution in [0.4, 0.5) is 4.79 Å². The van der Waals surface area contributed by atoms with Crippen molar-refractivity contribution in [2.45, 2.75) is 51.8 Å². The van der Waals surface area contributed by atoms with Gasteiger partial charge in [-0.05, 0) is 53.3 Å². The molecule has 1 aromatic heterocycles. The Morgan fingerprint density at radius 1 is 1.52 bits per heavy atom. The maximum absolute atomic E-state index is 12.1. The number of likely N-dealkylation sites (tertiary alicyclic amines) is 1. The molecule has 0 saturated carbocycles. The highest BCUT2D eigenvalue weighted by Crippen LogP contribution is 2.25. The first-order valence-corrected chi connectivity index (χ1v) is 7.61. The van der Waals surface area contributed by atoms with Gasteiger partial charge in [-0.25, -0.2) is 4.79 Å². The summed E-state index contributed by atoms with van der Waals surface area (Å²) in [6.45, 7) is 9.38. The third-order valence-corrected chi connectivity index (χ3v) is 4.07. The smallest absolute Gasteiger partial charge is 0.410 e. The standard InChI is InChI=1S/C16H27N3O2/c1-12(14-7-6-9-17-14)18(5)13-8-10-19(11-13)15(20)21-16(2,3)4/h6-7,9,12-13,17H,8,10-11H2,1-5H3/t12-,13-/m1/s1. The Bertz CT molecular complexity index is 464. The summed E-state index contributed by atoms with van der Waals surface area (Å²) in [6.07, 6.45) is 2.73. The summed E-state index contributed by atoms with van der Waals surface area (Å²) >= 11 is 0. The Morgan fingerprint density at radius 3 is 2.81 bits per heavy atom. The lowest BCUT2D eigenvalue weighted by Crippen LogP contribution is -2.39. The van der Waals surface area contributed by atoms with E-state index in [4.69, 9.17) is 4.74 Å². The second-order valence-electron chi connectivity index (χ2n) is 6.84. The summed E-state index contributed by atoms with van der Waals surface area (Å²) in [6, 6.07) is 4.79. The molecule has 0 aromatic carbocycles. The molecule has 0 spiro atoms. The predicted molar refractivity (Wildman–Crippen MR) is 83.2 cm³/mol. The van der Waals surface area contributed by atoms with Crippen molar-refractivity contribution in [3.8, 4) is 0 Å². The largest absolute Gasteiger partial charge is 0.444 e. The van der Waals surface area contributed by atoms with Gasteiger partial charge in [0.2, 0.25) is 0 Å². The molecule has 0 radical (unpaired) electrons. The Hall–Kier alpha value is -1.49. The summed E-state index contributed by atoms with van der Waals surface area (Å²) in [4.78, 5) is 19.5. The van der Waals surface area contributed by atoms with E-state index in [2.05, 4.69) is 29.9 Å². The van der Waals surface area contributed by atoms with Crippen molar-refractivity contribution in [1.29, 1.82) is 0 Å². The average molecular weight is 293 g/mol. The summed E-state index contributed by atoms with van der Waals surface area (Å²) in [5.41, 5.74) is 0.770. The van der Waals surface area contributed by atoms with E-state index in [0.29, 0.717) is 12.1 Å². The number of ether oxygens (including phenoxy) is 1. The van der Waals surface area contributed by atoms with Crippen LogP contribution in [0.15, 0.2) is 18.3 Å². The van der Waals surface area contributed by atoms with Crippen molar-refractivity contribution in [1.82, 2.24) is 14.8 Å². The van der Waals surface area contributed by atoms with E-state index >= 15 is 0 Å². The molecule has 1 N–H and O–H groups in total. The van der Waals surface area contributed by atoms with E-state index < -0.39 is 5.60 Å². The highest BCUT2D eigenvalue weighted by molar-refractivity contribution is 5.68. The number of hydrogen-bond donors (Lipinski definition) is 1. The van der Waals surface area contributed by atoms with E-state index in [1.54, 1.807) is 0 Å². The zero-order valence-corrected chi connectivity index (χ0v) is 13.7. The van der Waals surface area contributed by atoms with Crippen LogP contribution in [-0.4, -0.2) is 52.7 Å². The number of aromatic nitrogens is 1. The highest BCUT2D eigenvalue weighted by Gasteiger charge is 2.33. The molecule has 1 aliphatic rings. The van der Waals surface area contributed by atoms with Gasteiger partial charge in [0.15, 0.2) is 0 Å². The number of hydrogen-bond acceptors (Lipinski definition) is 3. The maximum Gasteiger partial charge on any atom is 0.410 e. The van der Waals surface area contributed by atoms with Crippen LogP contribution in [0.5, 0.6) is 0 Å². The van der Waals surface area contributed by atoms with Gasteiger partial charge in [-0.2, -0.15) is 0 Å². The number of aromatic amines is 1. The van der Waals surface area contributed by atoms with Gasteiger partial charge in [0, 0.05) is 37.1 Å². The van der Waals surface area contributed by atoms with Crippen LogP contribution in [0.1, 0.15) is 45.9 Å². The van der Waals surface area contributed by atoms with Crippen LogP contribution in [0.25, 0.3) is 0 Å². The van der Waals surface area contributed by atoms with Crippen LogP contribution < -0.4 is 0 Å². The Labute approximate surface area is 127 Å². The molecular weight excluding hydrogens is 266 g/mol. The Morgan fingerprint density at radius 2 is 2.24 bits per heavy atom. The van der Waals surface area contributed by atoms with E-state index in [9.17, 15) is 4.79 Å². The molecule has 1 aliphatic heterocycles. The Kier molecular flexibility index (Phi) is 4.61. The van der Waals surface area contributed by atoms with Gasteiger partial charge < -0.3 is 14.6 Å². The van der Waals surface area contributed by atoms with Crippen LogP contribution in [-0.2, 0) is 4.74 Å². The lowest BCUT2D eigenvalue weighted by Gasteiger charge is -2.30. The number of rotatable bonds is 3. The van der Waals surface area contributed by atoms with Crippen LogP contribution in [0, 0.1) is 0 Å². The van der Waals surface area contributed by atoms with Gasteiger partial charge >= 0.3 is 6.09 Å². The normalized spacial score (nSPS) is 20.9. The van der Waals surface area contributed by atoms with E-state index in [-0.39, 0.29) is 6.09 Å². The molecule has 5 heteroatoms. The third-order valence-electron chi connectivity index (χ3n) is 4.07. The number of amides is 1. The van der Waals surface area contributed by atoms with Gasteiger partial charge in [0.05, 0.1) is 0 Å². The average Bonchev–Trinajstić information content (AvgIpc) is 3.06. The van der Waals surface area contributed by atoms with E-state index in [0.717, 1.165) is 19.5 Å². The van der Waals surface area contributed by atoms with Gasteiger partial charge in [-0.1, -0.05) is 0 Å². The molecule has 2 rings (SSSR count). The van der Waals surface area contributed by atoms with Gasteiger partial charge in [0.1, 0.15) is 5.60 Å². The number of nitrogens with zero attached hydrogens (tertiary/aromatic N) is 2. The monoisotopic (exact) mass is 293 g/mol. The van der Waals surface area contributed by atoms with Crippen molar-refractivity contribution in [3.05, 3.63) is 24.0 Å². The molecule has 2 atom stereocenters. The molecule has 5 nitrogen and oxygen atoms in total. The van der Waals surface area contributed by atoms with Crippen LogP contribution in [0.2, 0.25) is 0 Å². The Balaban J connectivity index is 1.91. The number of likely N-dealkylation sites (N-methyl/N-ethyl adjacent to an activating group) is 1. The van der Waals surface area contributed by atoms with Gasteiger partial charge in [-0.15, -0.1) is 0 Å². The fourth-order valence-corrected chi connectivity index (χ4v) is 2.71. The quantitative estimate of drug-likeness (QED) is 0.932. The molecule has 1 amide bonds. The summed E-state index contributed by atoms with van der Waals surface area (Å²) < 4.78 is 5.44. The summed E-state index contributed by atoms with van der Waals surface area (Å²) in [5, 5.41) is 0. The fraction of sp³-hybridized carbons (Fsp3) is 0.688. The molecule has 1 fully saturated rings. The van der Waals surface area contributed by atoms with Crippen molar-refractivity contribution in [2.75, 3.05) is 20.1 Å². The number of carbonyl (C=O) groups excluding carboxylic acids is 1. The predicted octanol–water partition coefficient (Wildman–Crippen LogP) is 3.02. The molecule has 2 heterocycles. The first-order chi connectivity index (χ1) is 9.78. The van der Waals surface area contributed by atoms with Gasteiger partial charge in [-0.3, -0.25) is 4.90 Å². The first kappa shape index (κ1) is 15.9. The molecule has 1 saturated heterocycles. The zero-order chi connectivity index (χ0) is 15.6. The van der Waals surface area contributed by atoms with E-state index in [1.165, 1.54) is 5.69 Å². The number of carbonyl (C=O) groups is 1. The van der Waals surface area contributed by atoms with Crippen molar-refractivity contribution >= 4 is 6.09 Å². The van der Waals surface area contributed by atoms with Crippen molar-refractivity contribution < 1.29 is 9.53 Å². The zero-order valence-electron chi connectivity index (χ0n) is 13.7. The minimum atomic E-state index is -0.432. The lowest BCUT2D eigenvalue weighted by molar-refractivity contribution is 0.0278. The second kappa shape index (κ2) is 6.10. The lowest BCUT2D eigenvalue weighted by atomic mass is 10.1. The molecule has 1 aromatic rings. The molecule has 21 heavy (non-hydrogen) atoms. The fourth-order valence-electron chi connectivity index (χ4n) is 2.71. The highest BCUT2D eigenvalue weighted by atomic mass is 16.6. The minimum absolute atomic E-state index is 0.203. The van der Waals surface area contributed by atoms with Crippen molar-refractivity contribution in [2.24, 2.45) is 0 Å². The molecule has 0 aliphatic carbocycles. The van der Waals surface area contributed by atoms with Gasteiger partial charge in [0.25, 0.3) is 0 Å². The molecule has 118 valence electrons. The summed E-state index contributed by atoms with van der Waals surface area (Å²) in [5.74, 6) is 0. The van der Waals surface area contributed by atoms with E-state index in [1.807, 2.05) is 37.9 Å². The maximum atomic E-state index is 12.1. The van der Waals surface area contributed by atoms with Crippen LogP contribution >= 0.6 is 0 Å². The number of H-pyrrole nitrogens is 1. The van der Waals surface area contributed by atoms with Crippen LogP contribution in [0.3, 0.4) is 0 Å².